The fourth-order valence-electron chi connectivity index (χ4n) is 3.86. The summed E-state index contributed by atoms with van der Waals surface area (Å²) < 4.78 is 6.00. The maximum absolute atomic E-state index is 12.7. The average molecular weight is 328 g/mol. The van der Waals surface area contributed by atoms with Crippen LogP contribution in [0, 0.1) is 0 Å². The Labute approximate surface area is 141 Å². The number of hydrogen-bond donors (Lipinski definition) is 2. The molecule has 0 bridgehead atoms. The number of nitrogens with one attached hydrogen (secondary N) is 2. The van der Waals surface area contributed by atoms with E-state index < -0.39 is 0 Å². The van der Waals surface area contributed by atoms with Gasteiger partial charge in [0.15, 0.2) is 0 Å². The minimum atomic E-state index is -0.160. The number of aromatic amines is 1. The number of fused-ring (bicyclic) bond motifs is 1. The summed E-state index contributed by atoms with van der Waals surface area (Å²) in [7, 11) is 0. The lowest BCUT2D eigenvalue weighted by Crippen LogP contribution is -2.55. The zero-order chi connectivity index (χ0) is 16.6. The number of hydrogen-bond acceptors (Lipinski definition) is 3. The number of aromatic nitrogens is 2. The van der Waals surface area contributed by atoms with Gasteiger partial charge in [-0.1, -0.05) is 25.0 Å². The van der Waals surface area contributed by atoms with E-state index in [1.54, 1.807) is 0 Å². The smallest absolute Gasteiger partial charge is 0.318 e. The highest BCUT2D eigenvalue weighted by molar-refractivity contribution is 5.76. The van der Waals surface area contributed by atoms with Crippen LogP contribution < -0.4 is 5.32 Å². The number of benzene rings is 1. The predicted octanol–water partition coefficient (Wildman–Crippen LogP) is 2.98. The fourth-order valence-corrected chi connectivity index (χ4v) is 3.86. The Bertz CT molecular complexity index is 702. The van der Waals surface area contributed by atoms with E-state index in [2.05, 4.69) is 15.3 Å². The van der Waals surface area contributed by atoms with Gasteiger partial charge in [-0.25, -0.2) is 9.78 Å². The summed E-state index contributed by atoms with van der Waals surface area (Å²) in [5.41, 5.74) is 1.81. The number of urea groups is 1. The Morgan fingerprint density at radius 1 is 1.38 bits per heavy atom. The second kappa shape index (κ2) is 6.09. The van der Waals surface area contributed by atoms with Gasteiger partial charge >= 0.3 is 6.03 Å². The third kappa shape index (κ3) is 2.86. The summed E-state index contributed by atoms with van der Waals surface area (Å²) in [5.74, 6) is 0.786. The van der Waals surface area contributed by atoms with Gasteiger partial charge in [0.05, 0.1) is 35.8 Å². The lowest BCUT2D eigenvalue weighted by Gasteiger charge is -2.40. The van der Waals surface area contributed by atoms with E-state index in [1.165, 1.54) is 12.8 Å². The van der Waals surface area contributed by atoms with Crippen molar-refractivity contribution in [2.45, 2.75) is 44.2 Å². The van der Waals surface area contributed by atoms with Crippen LogP contribution in [0.4, 0.5) is 4.79 Å². The number of imidazole rings is 1. The number of rotatable bonds is 2. The average Bonchev–Trinajstić information content (AvgIpc) is 3.22. The van der Waals surface area contributed by atoms with Crippen molar-refractivity contribution in [1.29, 1.82) is 0 Å². The summed E-state index contributed by atoms with van der Waals surface area (Å²) in [6.45, 7) is 3.94. The number of carbonyl (C=O) groups is 1. The number of para-hydroxylation sites is 2. The summed E-state index contributed by atoms with van der Waals surface area (Å²) in [5, 5.41) is 3.07. The number of ether oxygens (including phenoxy) is 1. The molecule has 1 aliphatic heterocycles. The van der Waals surface area contributed by atoms with Gasteiger partial charge in [-0.3, -0.25) is 0 Å². The molecular weight excluding hydrogens is 304 g/mol. The van der Waals surface area contributed by atoms with E-state index in [0.717, 1.165) is 29.7 Å². The lowest BCUT2D eigenvalue weighted by molar-refractivity contribution is -0.0927. The Hall–Kier alpha value is -2.08. The molecule has 1 aliphatic carbocycles. The molecule has 24 heavy (non-hydrogen) atoms. The second-order valence-electron chi connectivity index (χ2n) is 6.97. The molecule has 2 aromatic rings. The van der Waals surface area contributed by atoms with Crippen LogP contribution in [-0.2, 0) is 4.74 Å². The van der Waals surface area contributed by atoms with Gasteiger partial charge < -0.3 is 19.9 Å². The molecule has 2 N–H and O–H groups in total. The fraction of sp³-hybridized carbons (Fsp3) is 0.556. The molecule has 0 radical (unpaired) electrons. The van der Waals surface area contributed by atoms with Gasteiger partial charge in [0.25, 0.3) is 0 Å². The van der Waals surface area contributed by atoms with Crippen LogP contribution in [0.3, 0.4) is 0 Å². The Morgan fingerprint density at radius 2 is 2.17 bits per heavy atom. The molecule has 1 atom stereocenters. The van der Waals surface area contributed by atoms with Crippen molar-refractivity contribution in [2.75, 3.05) is 19.7 Å². The van der Waals surface area contributed by atoms with Gasteiger partial charge in [-0.05, 0) is 31.9 Å². The van der Waals surface area contributed by atoms with Crippen molar-refractivity contribution < 1.29 is 9.53 Å². The molecule has 2 aliphatic rings. The summed E-state index contributed by atoms with van der Waals surface area (Å²) in [6.07, 6.45) is 4.53. The van der Waals surface area contributed by atoms with Crippen molar-refractivity contribution in [3.8, 4) is 0 Å². The van der Waals surface area contributed by atoms with Crippen LogP contribution in [0.25, 0.3) is 11.0 Å². The van der Waals surface area contributed by atoms with E-state index >= 15 is 0 Å². The monoisotopic (exact) mass is 328 g/mol. The second-order valence-corrected chi connectivity index (χ2v) is 6.97. The summed E-state index contributed by atoms with van der Waals surface area (Å²) in [6, 6.07) is 7.71. The van der Waals surface area contributed by atoms with Crippen LogP contribution in [0.15, 0.2) is 24.3 Å². The molecule has 2 amide bonds. The topological polar surface area (TPSA) is 70.2 Å². The van der Waals surface area contributed by atoms with Crippen molar-refractivity contribution >= 4 is 17.1 Å². The van der Waals surface area contributed by atoms with E-state index in [1.807, 2.05) is 36.1 Å². The van der Waals surface area contributed by atoms with Crippen LogP contribution in [0.2, 0.25) is 0 Å². The summed E-state index contributed by atoms with van der Waals surface area (Å²) >= 11 is 0. The minimum Gasteiger partial charge on any atom is -0.371 e. The Morgan fingerprint density at radius 3 is 2.96 bits per heavy atom. The molecule has 1 spiro atoms. The van der Waals surface area contributed by atoms with Crippen molar-refractivity contribution in [3.05, 3.63) is 30.1 Å². The zero-order valence-corrected chi connectivity index (χ0v) is 14.0. The first kappa shape index (κ1) is 15.4. The van der Waals surface area contributed by atoms with Crippen molar-refractivity contribution in [1.82, 2.24) is 20.2 Å². The number of carbonyl (C=O) groups excluding carboxylic acids is 1. The maximum Gasteiger partial charge on any atom is 0.318 e. The van der Waals surface area contributed by atoms with Gasteiger partial charge in [0, 0.05) is 6.54 Å². The molecule has 2 fully saturated rings. The molecule has 4 rings (SSSR count). The quantitative estimate of drug-likeness (QED) is 0.890. The number of amides is 2. The molecular formula is C18H24N4O2. The van der Waals surface area contributed by atoms with E-state index in [-0.39, 0.29) is 17.7 Å². The third-order valence-electron chi connectivity index (χ3n) is 5.21. The summed E-state index contributed by atoms with van der Waals surface area (Å²) in [4.78, 5) is 22.4. The highest BCUT2D eigenvalue weighted by Gasteiger charge is 2.40. The third-order valence-corrected chi connectivity index (χ3v) is 5.21. The predicted molar refractivity (Wildman–Crippen MR) is 91.8 cm³/mol. The van der Waals surface area contributed by atoms with Gasteiger partial charge in [-0.15, -0.1) is 0 Å². The van der Waals surface area contributed by atoms with Gasteiger partial charge in [0.1, 0.15) is 5.82 Å². The Balaban J connectivity index is 1.43. The highest BCUT2D eigenvalue weighted by Crippen LogP contribution is 2.35. The molecule has 1 unspecified atom stereocenters. The first-order valence-corrected chi connectivity index (χ1v) is 8.79. The number of H-pyrrole nitrogens is 1. The van der Waals surface area contributed by atoms with Crippen LogP contribution in [-0.4, -0.2) is 46.2 Å². The lowest BCUT2D eigenvalue weighted by atomic mass is 10.00. The highest BCUT2D eigenvalue weighted by atomic mass is 16.5. The molecule has 128 valence electrons. The van der Waals surface area contributed by atoms with Crippen molar-refractivity contribution in [3.63, 3.8) is 0 Å². The van der Waals surface area contributed by atoms with Crippen molar-refractivity contribution in [2.24, 2.45) is 0 Å². The first-order chi connectivity index (χ1) is 11.7. The first-order valence-electron chi connectivity index (χ1n) is 8.79. The molecule has 1 saturated carbocycles. The molecule has 6 heteroatoms. The molecule has 2 heterocycles. The maximum atomic E-state index is 12.7. The normalized spacial score (nSPS) is 21.3. The Kier molecular flexibility index (Phi) is 3.92. The number of morpholine rings is 1. The van der Waals surface area contributed by atoms with Crippen LogP contribution >= 0.6 is 0 Å². The zero-order valence-electron chi connectivity index (χ0n) is 14.0. The molecule has 1 saturated heterocycles. The number of nitrogens with zero attached hydrogens (tertiary/aromatic N) is 2. The van der Waals surface area contributed by atoms with E-state index in [9.17, 15) is 4.79 Å². The van der Waals surface area contributed by atoms with Gasteiger partial charge in [-0.2, -0.15) is 0 Å². The van der Waals surface area contributed by atoms with Crippen LogP contribution in [0.1, 0.15) is 44.5 Å². The standard InChI is InChI=1S/C18H24N4O2/c1-13(16-20-14-6-2-3-7-15(14)21-16)19-17(23)22-10-11-24-18(12-22)8-4-5-9-18/h2-3,6-7,13H,4-5,8-12H2,1H3,(H,19,23)(H,20,21). The molecule has 1 aromatic carbocycles. The molecule has 1 aromatic heterocycles. The van der Waals surface area contributed by atoms with E-state index in [4.69, 9.17) is 4.74 Å². The minimum absolute atomic E-state index is 0.0301. The largest absolute Gasteiger partial charge is 0.371 e. The van der Waals surface area contributed by atoms with Gasteiger partial charge in [0.2, 0.25) is 0 Å². The van der Waals surface area contributed by atoms with E-state index in [0.29, 0.717) is 19.7 Å². The molecule has 6 nitrogen and oxygen atoms in total. The SMILES string of the molecule is CC(NC(=O)N1CCOC2(CCCC2)C1)c1nc2ccccc2[nH]1. The van der Waals surface area contributed by atoms with Crippen LogP contribution in [0.5, 0.6) is 0 Å².